The van der Waals surface area contributed by atoms with E-state index in [0.717, 1.165) is 0 Å². The molecule has 7 heteroatoms. The lowest BCUT2D eigenvalue weighted by Gasteiger charge is -2.17. The maximum absolute atomic E-state index is 12.5. The Balaban J connectivity index is 2.32. The summed E-state index contributed by atoms with van der Waals surface area (Å²) in [6, 6.07) is 9.25. The molecule has 0 saturated carbocycles. The second-order valence-electron chi connectivity index (χ2n) is 6.09. The first-order chi connectivity index (χ1) is 12.8. The predicted molar refractivity (Wildman–Crippen MR) is 102 cm³/mol. The van der Waals surface area contributed by atoms with Crippen molar-refractivity contribution in [1.29, 1.82) is 0 Å². The van der Waals surface area contributed by atoms with E-state index in [2.05, 4.69) is 4.98 Å². The fraction of sp³-hybridized carbons (Fsp3) is 0.200. The van der Waals surface area contributed by atoms with E-state index in [9.17, 15) is 19.8 Å². The van der Waals surface area contributed by atoms with E-state index in [4.69, 9.17) is 16.3 Å². The first kappa shape index (κ1) is 18.8. The zero-order chi connectivity index (χ0) is 19.7. The number of hydrogen-bond acceptors (Lipinski definition) is 4. The number of phenolic OH excluding ortho intramolecular Hbond substituents is 1. The standard InChI is InChI=1S/C20H18ClNO5/c1-3-27-20(26)16-10(2)22-15-6-4-5-12(18(15)16)17(19(24)25)13-9-11(23)7-8-14(13)21/h4-9,17,22-23H,3H2,1-2H3,(H,24,25). The number of aromatic amines is 1. The smallest absolute Gasteiger partial charge is 0.340 e. The number of carboxylic acid groups (broad SMARTS) is 1. The second kappa shape index (κ2) is 7.32. The molecular weight excluding hydrogens is 370 g/mol. The average Bonchev–Trinajstić information content (AvgIpc) is 2.95. The number of nitrogens with one attached hydrogen (secondary N) is 1. The molecule has 3 rings (SSSR count). The number of benzene rings is 2. The van der Waals surface area contributed by atoms with Crippen LogP contribution >= 0.6 is 11.6 Å². The van der Waals surface area contributed by atoms with E-state index in [-0.39, 0.29) is 22.9 Å². The largest absolute Gasteiger partial charge is 0.508 e. The van der Waals surface area contributed by atoms with Crippen LogP contribution in [-0.4, -0.2) is 33.7 Å². The lowest BCUT2D eigenvalue weighted by atomic mass is 9.87. The molecular formula is C20H18ClNO5. The van der Waals surface area contributed by atoms with Crippen LogP contribution in [-0.2, 0) is 9.53 Å². The quantitative estimate of drug-likeness (QED) is 0.569. The monoisotopic (exact) mass is 387 g/mol. The third kappa shape index (κ3) is 3.36. The number of aromatic hydroxyl groups is 1. The number of H-pyrrole nitrogens is 1. The summed E-state index contributed by atoms with van der Waals surface area (Å²) < 4.78 is 5.15. The first-order valence-corrected chi connectivity index (χ1v) is 8.72. The van der Waals surface area contributed by atoms with Gasteiger partial charge in [0.25, 0.3) is 0 Å². The Kier molecular flexibility index (Phi) is 5.10. The molecule has 1 aromatic heterocycles. The molecule has 0 amide bonds. The number of aryl methyl sites for hydroxylation is 1. The van der Waals surface area contributed by atoms with Gasteiger partial charge >= 0.3 is 11.9 Å². The summed E-state index contributed by atoms with van der Waals surface area (Å²) in [5.41, 5.74) is 2.13. The topological polar surface area (TPSA) is 99.6 Å². The molecule has 27 heavy (non-hydrogen) atoms. The molecule has 0 radical (unpaired) electrons. The molecule has 0 aliphatic carbocycles. The predicted octanol–water partition coefficient (Wildman–Crippen LogP) is 4.23. The minimum atomic E-state index is -1.17. The fourth-order valence-electron chi connectivity index (χ4n) is 3.29. The molecule has 0 aliphatic rings. The van der Waals surface area contributed by atoms with Gasteiger partial charge in [0.1, 0.15) is 11.7 Å². The van der Waals surface area contributed by atoms with E-state index < -0.39 is 17.9 Å². The van der Waals surface area contributed by atoms with Gasteiger partial charge in [0, 0.05) is 21.6 Å². The van der Waals surface area contributed by atoms with Gasteiger partial charge in [-0.1, -0.05) is 23.7 Å². The highest BCUT2D eigenvalue weighted by Gasteiger charge is 2.30. The third-order valence-corrected chi connectivity index (χ3v) is 4.72. The molecule has 1 atom stereocenters. The molecule has 140 valence electrons. The number of aliphatic carboxylic acids is 1. The van der Waals surface area contributed by atoms with Crippen LogP contribution in [0.15, 0.2) is 36.4 Å². The number of ether oxygens (including phenoxy) is 1. The number of carbonyl (C=O) groups excluding carboxylic acids is 1. The molecule has 2 aromatic carbocycles. The van der Waals surface area contributed by atoms with Crippen molar-refractivity contribution in [3.8, 4) is 5.75 Å². The lowest BCUT2D eigenvalue weighted by molar-refractivity contribution is -0.137. The van der Waals surface area contributed by atoms with E-state index in [0.29, 0.717) is 27.7 Å². The fourth-order valence-corrected chi connectivity index (χ4v) is 3.52. The van der Waals surface area contributed by atoms with Crippen molar-refractivity contribution < 1.29 is 24.5 Å². The Labute approximate surface area is 160 Å². The van der Waals surface area contributed by atoms with Crippen LogP contribution in [0.1, 0.15) is 40.0 Å². The molecule has 1 unspecified atom stereocenters. The number of halogens is 1. The van der Waals surface area contributed by atoms with Gasteiger partial charge in [-0.2, -0.15) is 0 Å². The van der Waals surface area contributed by atoms with Crippen LogP contribution in [0.2, 0.25) is 5.02 Å². The molecule has 3 N–H and O–H groups in total. The molecule has 1 heterocycles. The molecule has 3 aromatic rings. The summed E-state index contributed by atoms with van der Waals surface area (Å²) in [4.78, 5) is 27.7. The summed E-state index contributed by atoms with van der Waals surface area (Å²) in [7, 11) is 0. The SMILES string of the molecule is CCOC(=O)c1c(C)[nH]c2cccc(C(C(=O)O)c3cc(O)ccc3Cl)c12. The summed E-state index contributed by atoms with van der Waals surface area (Å²) in [5.74, 6) is -2.94. The van der Waals surface area contributed by atoms with Crippen molar-refractivity contribution >= 4 is 34.4 Å². The Bertz CT molecular complexity index is 1040. The summed E-state index contributed by atoms with van der Waals surface area (Å²) >= 11 is 6.22. The second-order valence-corrected chi connectivity index (χ2v) is 6.50. The summed E-state index contributed by atoms with van der Waals surface area (Å²) in [5, 5.41) is 20.4. The van der Waals surface area contributed by atoms with Gasteiger partial charge in [0.15, 0.2) is 0 Å². The van der Waals surface area contributed by atoms with E-state index in [1.54, 1.807) is 32.0 Å². The summed E-state index contributed by atoms with van der Waals surface area (Å²) in [6.07, 6.45) is 0. The van der Waals surface area contributed by atoms with Gasteiger partial charge in [-0.25, -0.2) is 4.79 Å². The van der Waals surface area contributed by atoms with Crippen molar-refractivity contribution in [1.82, 2.24) is 4.98 Å². The molecule has 0 saturated heterocycles. The number of carbonyl (C=O) groups is 2. The minimum absolute atomic E-state index is 0.0938. The minimum Gasteiger partial charge on any atom is -0.508 e. The maximum Gasteiger partial charge on any atom is 0.340 e. The van der Waals surface area contributed by atoms with Crippen molar-refractivity contribution in [2.24, 2.45) is 0 Å². The number of fused-ring (bicyclic) bond motifs is 1. The van der Waals surface area contributed by atoms with Crippen LogP contribution in [0.3, 0.4) is 0 Å². The van der Waals surface area contributed by atoms with Crippen molar-refractivity contribution in [2.75, 3.05) is 6.61 Å². The maximum atomic E-state index is 12.5. The Hall–Kier alpha value is -2.99. The van der Waals surface area contributed by atoms with Crippen molar-refractivity contribution in [2.45, 2.75) is 19.8 Å². The highest BCUT2D eigenvalue weighted by molar-refractivity contribution is 6.31. The van der Waals surface area contributed by atoms with Crippen molar-refractivity contribution in [3.05, 3.63) is 63.8 Å². The number of esters is 1. The average molecular weight is 388 g/mol. The highest BCUT2D eigenvalue weighted by Crippen LogP contribution is 2.38. The molecule has 0 spiro atoms. The lowest BCUT2D eigenvalue weighted by Crippen LogP contribution is -2.15. The van der Waals surface area contributed by atoms with Gasteiger partial charge in [-0.15, -0.1) is 0 Å². The summed E-state index contributed by atoms with van der Waals surface area (Å²) in [6.45, 7) is 3.64. The van der Waals surface area contributed by atoms with Gasteiger partial charge < -0.3 is 19.9 Å². The van der Waals surface area contributed by atoms with Crippen molar-refractivity contribution in [3.63, 3.8) is 0 Å². The van der Waals surface area contributed by atoms with Gasteiger partial charge in [-0.3, -0.25) is 4.79 Å². The Morgan fingerprint density at radius 2 is 1.96 bits per heavy atom. The van der Waals surface area contributed by atoms with Crippen LogP contribution in [0.25, 0.3) is 10.9 Å². The van der Waals surface area contributed by atoms with Crippen LogP contribution in [0, 0.1) is 6.92 Å². The Morgan fingerprint density at radius 3 is 2.63 bits per heavy atom. The number of phenols is 1. The van der Waals surface area contributed by atoms with E-state index >= 15 is 0 Å². The molecule has 0 aliphatic heterocycles. The molecule has 6 nitrogen and oxygen atoms in total. The number of hydrogen-bond donors (Lipinski definition) is 3. The first-order valence-electron chi connectivity index (χ1n) is 8.34. The van der Waals surface area contributed by atoms with E-state index in [1.807, 2.05) is 0 Å². The van der Waals surface area contributed by atoms with Crippen LogP contribution in [0.5, 0.6) is 5.75 Å². The highest BCUT2D eigenvalue weighted by atomic mass is 35.5. The van der Waals surface area contributed by atoms with Crippen LogP contribution in [0.4, 0.5) is 0 Å². The normalized spacial score (nSPS) is 12.1. The molecule has 0 fully saturated rings. The van der Waals surface area contributed by atoms with Gasteiger partial charge in [0.05, 0.1) is 12.2 Å². The molecule has 0 bridgehead atoms. The van der Waals surface area contributed by atoms with Gasteiger partial charge in [-0.05, 0) is 49.2 Å². The zero-order valence-corrected chi connectivity index (χ0v) is 15.5. The van der Waals surface area contributed by atoms with Crippen LogP contribution < -0.4 is 0 Å². The number of carboxylic acids is 1. The van der Waals surface area contributed by atoms with E-state index in [1.165, 1.54) is 18.2 Å². The third-order valence-electron chi connectivity index (χ3n) is 4.37. The van der Waals surface area contributed by atoms with Gasteiger partial charge in [0.2, 0.25) is 0 Å². The Morgan fingerprint density at radius 1 is 1.22 bits per heavy atom. The number of rotatable bonds is 5. The zero-order valence-electron chi connectivity index (χ0n) is 14.7. The number of aromatic nitrogens is 1.